The van der Waals surface area contributed by atoms with Crippen LogP contribution in [-0.4, -0.2) is 4.57 Å². The number of rotatable bonds is 4. The molecule has 0 amide bonds. The molecule has 0 aliphatic heterocycles. The first-order valence-corrected chi connectivity index (χ1v) is 15.7. The van der Waals surface area contributed by atoms with E-state index < -0.39 is 0 Å². The number of hydrogen-bond donors (Lipinski definition) is 0. The number of benzene rings is 7. The van der Waals surface area contributed by atoms with Crippen molar-refractivity contribution in [1.82, 2.24) is 4.57 Å². The van der Waals surface area contributed by atoms with Gasteiger partial charge in [0, 0.05) is 38.5 Å². The van der Waals surface area contributed by atoms with Crippen molar-refractivity contribution in [3.05, 3.63) is 169 Å². The van der Waals surface area contributed by atoms with Crippen molar-refractivity contribution in [2.24, 2.45) is 0 Å². The topological polar surface area (TPSA) is 8.17 Å². The van der Waals surface area contributed by atoms with Gasteiger partial charge in [-0.3, -0.25) is 0 Å². The second-order valence-electron chi connectivity index (χ2n) is 12.6. The largest absolute Gasteiger partial charge is 0.309 e. The van der Waals surface area contributed by atoms with Crippen LogP contribution < -0.4 is 4.90 Å². The Morgan fingerprint density at radius 3 is 2.02 bits per heavy atom. The standard InChI is InChI=1S/C43H32N2/c1-43(2)36-21-10-8-20-34(36)42-37(43)22-13-25-41(42)45(38-24-12-15-29-14-6-7-18-32(29)38)31-26-27-40-35(28-31)33-19-9-11-23-39(33)44(40)30-16-4-3-5-17-30/h3-28H,1-2H3. The average Bonchev–Trinajstić information content (AvgIpc) is 3.54. The van der Waals surface area contributed by atoms with Crippen LogP contribution in [0.25, 0.3) is 49.4 Å². The van der Waals surface area contributed by atoms with Crippen molar-refractivity contribution in [2.45, 2.75) is 19.3 Å². The molecule has 0 unspecified atom stereocenters. The minimum atomic E-state index is -0.0839. The fourth-order valence-corrected chi connectivity index (χ4v) is 7.69. The summed E-state index contributed by atoms with van der Waals surface area (Å²) in [7, 11) is 0. The van der Waals surface area contributed by atoms with Crippen LogP contribution in [0, 0.1) is 0 Å². The monoisotopic (exact) mass is 576 g/mol. The molecule has 2 heteroatoms. The highest BCUT2D eigenvalue weighted by Crippen LogP contribution is 2.54. The third kappa shape index (κ3) is 3.76. The van der Waals surface area contributed by atoms with Crippen LogP contribution in [0.2, 0.25) is 0 Å². The fraction of sp³-hybridized carbons (Fsp3) is 0.0698. The maximum Gasteiger partial charge on any atom is 0.0543 e. The fourth-order valence-electron chi connectivity index (χ4n) is 7.69. The van der Waals surface area contributed by atoms with Gasteiger partial charge in [-0.2, -0.15) is 0 Å². The van der Waals surface area contributed by atoms with Gasteiger partial charge >= 0.3 is 0 Å². The lowest BCUT2D eigenvalue weighted by atomic mass is 9.82. The maximum absolute atomic E-state index is 2.49. The van der Waals surface area contributed by atoms with Crippen LogP contribution in [0.4, 0.5) is 17.1 Å². The van der Waals surface area contributed by atoms with Crippen molar-refractivity contribution < 1.29 is 0 Å². The van der Waals surface area contributed by atoms with Gasteiger partial charge in [0.2, 0.25) is 0 Å². The summed E-state index contributed by atoms with van der Waals surface area (Å²) < 4.78 is 2.38. The molecule has 1 heterocycles. The first-order chi connectivity index (χ1) is 22.1. The molecule has 9 rings (SSSR count). The lowest BCUT2D eigenvalue weighted by Gasteiger charge is -2.30. The lowest BCUT2D eigenvalue weighted by molar-refractivity contribution is 0.660. The molecular weight excluding hydrogens is 544 g/mol. The van der Waals surface area contributed by atoms with E-state index in [4.69, 9.17) is 0 Å². The normalized spacial score (nSPS) is 13.3. The smallest absolute Gasteiger partial charge is 0.0543 e. The van der Waals surface area contributed by atoms with Crippen LogP contribution in [-0.2, 0) is 5.41 Å². The SMILES string of the molecule is CC1(C)c2ccccc2-c2c(N(c3ccc4c(c3)c3ccccc3n4-c3ccccc3)c3cccc4ccccc34)cccc21. The van der Waals surface area contributed by atoms with Crippen molar-refractivity contribution in [3.63, 3.8) is 0 Å². The molecular formula is C43H32N2. The first-order valence-electron chi connectivity index (χ1n) is 15.7. The Labute approximate surface area is 263 Å². The van der Waals surface area contributed by atoms with Gasteiger partial charge in [0.25, 0.3) is 0 Å². The van der Waals surface area contributed by atoms with E-state index in [-0.39, 0.29) is 5.41 Å². The molecule has 0 radical (unpaired) electrons. The summed E-state index contributed by atoms with van der Waals surface area (Å²) in [6.07, 6.45) is 0. The predicted octanol–water partition coefficient (Wildman–Crippen LogP) is 11.7. The number of nitrogens with zero attached hydrogens (tertiary/aromatic N) is 2. The summed E-state index contributed by atoms with van der Waals surface area (Å²) in [5.41, 5.74) is 12.4. The number of fused-ring (bicyclic) bond motifs is 7. The molecule has 1 aliphatic carbocycles. The molecule has 1 aliphatic rings. The van der Waals surface area contributed by atoms with Crippen LogP contribution in [0.15, 0.2) is 158 Å². The molecule has 0 spiro atoms. The molecule has 1 aromatic heterocycles. The van der Waals surface area contributed by atoms with E-state index in [1.807, 2.05) is 0 Å². The highest BCUT2D eigenvalue weighted by atomic mass is 15.1. The predicted molar refractivity (Wildman–Crippen MR) is 191 cm³/mol. The van der Waals surface area contributed by atoms with E-state index in [1.54, 1.807) is 0 Å². The molecule has 8 aromatic rings. The second kappa shape index (κ2) is 9.70. The molecule has 214 valence electrons. The molecule has 0 saturated heterocycles. The minimum Gasteiger partial charge on any atom is -0.309 e. The summed E-state index contributed by atoms with van der Waals surface area (Å²) in [5, 5.41) is 4.95. The van der Waals surface area contributed by atoms with Gasteiger partial charge in [-0.15, -0.1) is 0 Å². The average molecular weight is 577 g/mol. The highest BCUT2D eigenvalue weighted by molar-refractivity contribution is 6.11. The zero-order valence-electron chi connectivity index (χ0n) is 25.4. The van der Waals surface area contributed by atoms with E-state index in [9.17, 15) is 0 Å². The van der Waals surface area contributed by atoms with E-state index in [0.717, 1.165) is 5.69 Å². The number of para-hydroxylation sites is 2. The Bertz CT molecular complexity index is 2410. The zero-order chi connectivity index (χ0) is 30.1. The van der Waals surface area contributed by atoms with E-state index in [1.165, 1.54) is 71.9 Å². The Hall–Kier alpha value is -5.60. The van der Waals surface area contributed by atoms with Crippen LogP contribution in [0.5, 0.6) is 0 Å². The molecule has 7 aromatic carbocycles. The second-order valence-corrected chi connectivity index (χ2v) is 12.6. The molecule has 45 heavy (non-hydrogen) atoms. The maximum atomic E-state index is 2.49. The van der Waals surface area contributed by atoms with Crippen LogP contribution in [0.1, 0.15) is 25.0 Å². The van der Waals surface area contributed by atoms with Gasteiger partial charge in [-0.25, -0.2) is 0 Å². The van der Waals surface area contributed by atoms with Gasteiger partial charge in [0.1, 0.15) is 0 Å². The Balaban J connectivity index is 1.37. The number of anilines is 3. The third-order valence-corrected chi connectivity index (χ3v) is 9.76. The Kier molecular flexibility index (Phi) is 5.58. The van der Waals surface area contributed by atoms with Crippen molar-refractivity contribution in [3.8, 4) is 16.8 Å². The van der Waals surface area contributed by atoms with Crippen LogP contribution in [0.3, 0.4) is 0 Å². The van der Waals surface area contributed by atoms with E-state index in [2.05, 4.69) is 181 Å². The third-order valence-electron chi connectivity index (χ3n) is 9.76. The summed E-state index contributed by atoms with van der Waals surface area (Å²) in [5.74, 6) is 0. The van der Waals surface area contributed by atoms with Gasteiger partial charge in [0.05, 0.1) is 22.4 Å². The molecule has 0 atom stereocenters. The highest BCUT2D eigenvalue weighted by Gasteiger charge is 2.37. The molecule has 0 saturated carbocycles. The van der Waals surface area contributed by atoms with Gasteiger partial charge in [-0.1, -0.05) is 123 Å². The molecule has 0 bridgehead atoms. The van der Waals surface area contributed by atoms with Crippen LogP contribution >= 0.6 is 0 Å². The van der Waals surface area contributed by atoms with Crippen molar-refractivity contribution in [2.75, 3.05) is 4.90 Å². The quantitative estimate of drug-likeness (QED) is 0.202. The number of aromatic nitrogens is 1. The summed E-state index contributed by atoms with van der Waals surface area (Å²) in [4.78, 5) is 2.49. The van der Waals surface area contributed by atoms with E-state index >= 15 is 0 Å². The molecule has 0 N–H and O–H groups in total. The molecule has 2 nitrogen and oxygen atoms in total. The lowest BCUT2D eigenvalue weighted by Crippen LogP contribution is -2.16. The summed E-state index contributed by atoms with van der Waals surface area (Å²) >= 11 is 0. The van der Waals surface area contributed by atoms with Gasteiger partial charge in [-0.05, 0) is 70.6 Å². The number of hydrogen-bond acceptors (Lipinski definition) is 1. The Morgan fingerprint density at radius 2 is 1.13 bits per heavy atom. The van der Waals surface area contributed by atoms with Gasteiger partial charge < -0.3 is 9.47 Å². The zero-order valence-corrected chi connectivity index (χ0v) is 25.4. The van der Waals surface area contributed by atoms with Crippen molar-refractivity contribution >= 4 is 49.6 Å². The minimum absolute atomic E-state index is 0.0839. The summed E-state index contributed by atoms with van der Waals surface area (Å²) in [6, 6.07) is 57.6. The first kappa shape index (κ1) is 25.9. The molecule has 0 fully saturated rings. The van der Waals surface area contributed by atoms with Gasteiger partial charge in [0.15, 0.2) is 0 Å². The Morgan fingerprint density at radius 1 is 0.489 bits per heavy atom. The summed E-state index contributed by atoms with van der Waals surface area (Å²) in [6.45, 7) is 4.71. The van der Waals surface area contributed by atoms with Crippen molar-refractivity contribution in [1.29, 1.82) is 0 Å². The van der Waals surface area contributed by atoms with E-state index in [0.29, 0.717) is 0 Å².